The number of hydrogen-bond donors (Lipinski definition) is 2. The fourth-order valence-electron chi connectivity index (χ4n) is 2.39. The minimum absolute atomic E-state index is 0.0634. The smallest absolute Gasteiger partial charge is 0.384 e. The standard InChI is InChI=1S/C18H17F3N6O2/c1-17(2,29)14-6-11(25-15(26-14)12-8-22-9-27(12)3)16(28)24-10-4-5-13(23-7-10)18(19,20)21/h4-9,29H,1-3H3,(H,24,28). The highest BCUT2D eigenvalue weighted by atomic mass is 19.4. The Labute approximate surface area is 163 Å². The number of anilines is 1. The van der Waals surface area contributed by atoms with Gasteiger partial charge in [0.15, 0.2) is 5.82 Å². The molecule has 3 rings (SSSR count). The molecule has 0 aromatic carbocycles. The zero-order chi connectivity index (χ0) is 21.4. The van der Waals surface area contributed by atoms with Gasteiger partial charge in [0.2, 0.25) is 0 Å². The van der Waals surface area contributed by atoms with Crippen molar-refractivity contribution in [1.29, 1.82) is 0 Å². The van der Waals surface area contributed by atoms with Crippen molar-refractivity contribution in [1.82, 2.24) is 24.5 Å². The lowest BCUT2D eigenvalue weighted by atomic mass is 10.0. The van der Waals surface area contributed by atoms with Gasteiger partial charge in [-0.1, -0.05) is 0 Å². The summed E-state index contributed by atoms with van der Waals surface area (Å²) in [6, 6.07) is 3.17. The molecule has 0 unspecified atom stereocenters. The van der Waals surface area contributed by atoms with Gasteiger partial charge in [-0.2, -0.15) is 13.2 Å². The van der Waals surface area contributed by atoms with E-state index in [-0.39, 0.29) is 22.9 Å². The van der Waals surface area contributed by atoms with Crippen LogP contribution in [-0.4, -0.2) is 35.5 Å². The van der Waals surface area contributed by atoms with Gasteiger partial charge in [-0.05, 0) is 32.0 Å². The number of aromatic nitrogens is 5. The first kappa shape index (κ1) is 20.4. The maximum absolute atomic E-state index is 12.6. The average Bonchev–Trinajstić information content (AvgIpc) is 3.06. The molecule has 0 saturated carbocycles. The number of halogens is 3. The Kier molecular flexibility index (Phi) is 5.09. The number of rotatable bonds is 4. The van der Waals surface area contributed by atoms with Crippen LogP contribution >= 0.6 is 0 Å². The van der Waals surface area contributed by atoms with E-state index in [1.165, 1.54) is 32.4 Å². The van der Waals surface area contributed by atoms with Gasteiger partial charge in [-0.15, -0.1) is 0 Å². The van der Waals surface area contributed by atoms with Crippen LogP contribution in [0.3, 0.4) is 0 Å². The fourth-order valence-corrected chi connectivity index (χ4v) is 2.39. The lowest BCUT2D eigenvalue weighted by molar-refractivity contribution is -0.141. The number of nitrogens with zero attached hydrogens (tertiary/aromatic N) is 5. The van der Waals surface area contributed by atoms with Gasteiger partial charge in [0, 0.05) is 7.05 Å². The van der Waals surface area contributed by atoms with Gasteiger partial charge in [-0.25, -0.2) is 19.9 Å². The molecule has 0 fully saturated rings. The van der Waals surface area contributed by atoms with Crippen molar-refractivity contribution in [2.75, 3.05) is 5.32 Å². The summed E-state index contributed by atoms with van der Waals surface area (Å²) in [6.45, 7) is 3.01. The monoisotopic (exact) mass is 406 g/mol. The van der Waals surface area contributed by atoms with E-state index in [0.717, 1.165) is 18.3 Å². The Morgan fingerprint density at radius 2 is 1.86 bits per heavy atom. The van der Waals surface area contributed by atoms with Crippen LogP contribution in [0.2, 0.25) is 0 Å². The second kappa shape index (κ2) is 7.24. The number of hydrogen-bond acceptors (Lipinski definition) is 6. The van der Waals surface area contributed by atoms with Gasteiger partial charge in [0.1, 0.15) is 22.7 Å². The van der Waals surface area contributed by atoms with Crippen molar-refractivity contribution in [3.8, 4) is 11.5 Å². The maximum Gasteiger partial charge on any atom is 0.433 e. The third-order valence-electron chi connectivity index (χ3n) is 3.94. The Hall–Kier alpha value is -3.34. The number of aryl methyl sites for hydroxylation is 1. The van der Waals surface area contributed by atoms with Crippen molar-refractivity contribution in [2.24, 2.45) is 7.05 Å². The summed E-state index contributed by atoms with van der Waals surface area (Å²) in [6.07, 6.45) is -0.635. The van der Waals surface area contributed by atoms with Crippen LogP contribution in [0.4, 0.5) is 18.9 Å². The zero-order valence-corrected chi connectivity index (χ0v) is 15.7. The summed E-state index contributed by atoms with van der Waals surface area (Å²) in [5.41, 5.74) is -1.73. The van der Waals surface area contributed by atoms with Crippen LogP contribution in [0.1, 0.15) is 35.7 Å². The van der Waals surface area contributed by atoms with E-state index in [1.807, 2.05) is 0 Å². The number of amides is 1. The number of carbonyl (C=O) groups is 1. The van der Waals surface area contributed by atoms with Crippen LogP contribution in [-0.2, 0) is 18.8 Å². The fraction of sp³-hybridized carbons (Fsp3) is 0.278. The molecule has 152 valence electrons. The molecular weight excluding hydrogens is 389 g/mol. The number of nitrogens with one attached hydrogen (secondary N) is 1. The Morgan fingerprint density at radius 1 is 1.14 bits per heavy atom. The quantitative estimate of drug-likeness (QED) is 0.690. The van der Waals surface area contributed by atoms with Gasteiger partial charge in [0.25, 0.3) is 5.91 Å². The molecule has 29 heavy (non-hydrogen) atoms. The number of carbonyl (C=O) groups excluding carboxylic acids is 1. The minimum atomic E-state index is -4.57. The Bertz CT molecular complexity index is 1040. The molecule has 0 aliphatic rings. The molecule has 1 amide bonds. The van der Waals surface area contributed by atoms with Gasteiger partial charge >= 0.3 is 6.18 Å². The van der Waals surface area contributed by atoms with E-state index >= 15 is 0 Å². The molecule has 0 saturated heterocycles. The molecular formula is C18H17F3N6O2. The van der Waals surface area contributed by atoms with E-state index in [0.29, 0.717) is 5.69 Å². The summed E-state index contributed by atoms with van der Waals surface area (Å²) in [5, 5.41) is 12.8. The largest absolute Gasteiger partial charge is 0.433 e. The summed E-state index contributed by atoms with van der Waals surface area (Å²) >= 11 is 0. The molecule has 0 spiro atoms. The molecule has 0 bridgehead atoms. The second-order valence-electron chi connectivity index (χ2n) is 6.79. The molecule has 2 N–H and O–H groups in total. The predicted molar refractivity (Wildman–Crippen MR) is 96.7 cm³/mol. The zero-order valence-electron chi connectivity index (χ0n) is 15.7. The highest BCUT2D eigenvalue weighted by Crippen LogP contribution is 2.28. The van der Waals surface area contributed by atoms with Crippen LogP contribution in [0, 0.1) is 0 Å². The molecule has 3 aromatic rings. The first-order valence-corrected chi connectivity index (χ1v) is 8.38. The first-order valence-electron chi connectivity index (χ1n) is 8.38. The third kappa shape index (κ3) is 4.57. The van der Waals surface area contributed by atoms with Gasteiger partial charge < -0.3 is 15.0 Å². The van der Waals surface area contributed by atoms with E-state index in [4.69, 9.17) is 0 Å². The summed E-state index contributed by atoms with van der Waals surface area (Å²) < 4.78 is 39.5. The van der Waals surface area contributed by atoms with Crippen molar-refractivity contribution < 1.29 is 23.1 Å². The summed E-state index contributed by atoms with van der Waals surface area (Å²) in [4.78, 5) is 28.4. The van der Waals surface area contributed by atoms with Crippen molar-refractivity contribution >= 4 is 11.6 Å². The predicted octanol–water partition coefficient (Wildman–Crippen LogP) is 2.77. The summed E-state index contributed by atoms with van der Waals surface area (Å²) in [7, 11) is 1.72. The molecule has 11 heteroatoms. The summed E-state index contributed by atoms with van der Waals surface area (Å²) in [5.74, 6) is -0.525. The topological polar surface area (TPSA) is 106 Å². The van der Waals surface area contributed by atoms with Crippen molar-refractivity contribution in [3.63, 3.8) is 0 Å². The van der Waals surface area contributed by atoms with E-state index in [1.54, 1.807) is 11.6 Å². The lowest BCUT2D eigenvalue weighted by Crippen LogP contribution is -2.22. The first-order chi connectivity index (χ1) is 13.4. The van der Waals surface area contributed by atoms with Crippen LogP contribution in [0.25, 0.3) is 11.5 Å². The minimum Gasteiger partial charge on any atom is -0.384 e. The third-order valence-corrected chi connectivity index (χ3v) is 3.94. The van der Waals surface area contributed by atoms with E-state index in [9.17, 15) is 23.1 Å². The van der Waals surface area contributed by atoms with Gasteiger partial charge in [0.05, 0.1) is 30.1 Å². The Morgan fingerprint density at radius 3 is 2.38 bits per heavy atom. The molecule has 0 radical (unpaired) electrons. The number of imidazole rings is 1. The van der Waals surface area contributed by atoms with Crippen molar-refractivity contribution in [3.05, 3.63) is 54.0 Å². The maximum atomic E-state index is 12.6. The number of aliphatic hydroxyl groups is 1. The van der Waals surface area contributed by atoms with E-state index < -0.39 is 23.4 Å². The molecule has 8 nitrogen and oxygen atoms in total. The van der Waals surface area contributed by atoms with E-state index in [2.05, 4.69) is 25.3 Å². The average molecular weight is 406 g/mol. The lowest BCUT2D eigenvalue weighted by Gasteiger charge is -2.18. The molecule has 0 aliphatic carbocycles. The van der Waals surface area contributed by atoms with Crippen LogP contribution in [0.15, 0.2) is 36.9 Å². The van der Waals surface area contributed by atoms with Crippen molar-refractivity contribution in [2.45, 2.75) is 25.6 Å². The second-order valence-corrected chi connectivity index (χ2v) is 6.79. The SMILES string of the molecule is Cn1cncc1-c1nc(C(=O)Nc2ccc(C(F)(F)F)nc2)cc(C(C)(C)O)n1. The normalized spacial score (nSPS) is 12.1. The molecule has 0 atom stereocenters. The van der Waals surface area contributed by atoms with Crippen LogP contribution in [0.5, 0.6) is 0 Å². The number of alkyl halides is 3. The number of pyridine rings is 1. The highest BCUT2D eigenvalue weighted by Gasteiger charge is 2.32. The Balaban J connectivity index is 1.95. The molecule has 3 aromatic heterocycles. The van der Waals surface area contributed by atoms with Crippen LogP contribution < -0.4 is 5.32 Å². The molecule has 0 aliphatic heterocycles. The highest BCUT2D eigenvalue weighted by molar-refractivity contribution is 6.03. The van der Waals surface area contributed by atoms with Gasteiger partial charge in [-0.3, -0.25) is 4.79 Å². The molecule has 3 heterocycles.